The Morgan fingerprint density at radius 3 is 2.84 bits per heavy atom. The summed E-state index contributed by atoms with van der Waals surface area (Å²) in [4.78, 5) is 6.84. The van der Waals surface area contributed by atoms with Gasteiger partial charge in [0, 0.05) is 33.4 Å². The molecule has 1 saturated heterocycles. The fourth-order valence-corrected chi connectivity index (χ4v) is 3.28. The minimum Gasteiger partial charge on any atom is -0.351 e. The number of likely N-dealkylation sites (tertiary alicyclic amines) is 1. The van der Waals surface area contributed by atoms with E-state index < -0.39 is 0 Å². The number of nitrogens with zero attached hydrogens (tertiary/aromatic N) is 4. The van der Waals surface area contributed by atoms with Crippen molar-refractivity contribution in [3.63, 3.8) is 0 Å². The van der Waals surface area contributed by atoms with Crippen molar-refractivity contribution >= 4 is 5.96 Å². The molecule has 1 spiro atoms. The number of hydrogen-bond donors (Lipinski definition) is 1. The molecule has 0 atom stereocenters. The fourth-order valence-electron chi connectivity index (χ4n) is 3.28. The number of nitrogens with one attached hydrogen (secondary N) is 1. The van der Waals surface area contributed by atoms with Crippen LogP contribution in [-0.4, -0.2) is 40.8 Å². The van der Waals surface area contributed by atoms with Crippen LogP contribution in [0.15, 0.2) is 17.3 Å². The summed E-state index contributed by atoms with van der Waals surface area (Å²) in [6, 6.07) is 2.04. The molecular weight excluding hydrogens is 238 g/mol. The molecule has 5 nitrogen and oxygen atoms in total. The Kier molecular flexibility index (Phi) is 3.21. The summed E-state index contributed by atoms with van der Waals surface area (Å²) < 4.78 is 1.90. The zero-order valence-electron chi connectivity index (χ0n) is 11.9. The minimum absolute atomic E-state index is 0.615. The Morgan fingerprint density at radius 2 is 2.32 bits per heavy atom. The molecule has 0 radical (unpaired) electrons. The highest BCUT2D eigenvalue weighted by molar-refractivity contribution is 5.80. The molecule has 3 rings (SSSR count). The van der Waals surface area contributed by atoms with Crippen molar-refractivity contribution in [2.75, 3.05) is 20.1 Å². The number of rotatable bonds is 2. The van der Waals surface area contributed by atoms with Crippen molar-refractivity contribution in [1.82, 2.24) is 20.0 Å². The molecule has 0 bridgehead atoms. The third-order valence-corrected chi connectivity index (χ3v) is 4.71. The summed E-state index contributed by atoms with van der Waals surface area (Å²) in [6.45, 7) is 3.11. The first kappa shape index (κ1) is 12.5. The highest BCUT2D eigenvalue weighted by atomic mass is 15.3. The normalized spacial score (nSPS) is 21.8. The molecule has 2 heterocycles. The van der Waals surface area contributed by atoms with Crippen LogP contribution < -0.4 is 5.32 Å². The van der Waals surface area contributed by atoms with Crippen LogP contribution in [-0.2, 0) is 13.6 Å². The molecule has 19 heavy (non-hydrogen) atoms. The van der Waals surface area contributed by atoms with Crippen molar-refractivity contribution in [2.45, 2.75) is 32.2 Å². The SMILES string of the molecule is CN=C(NCc1ccnn1C)N1CCC2(CCC2)C1. The number of aryl methyl sites for hydroxylation is 1. The standard InChI is InChI=1S/C14H23N5/c1-15-13(16-10-12-4-8-17-18(12)2)19-9-7-14(11-19)5-3-6-14/h4,8H,3,5-7,9-11H2,1-2H3,(H,15,16). The van der Waals surface area contributed by atoms with E-state index in [0.717, 1.165) is 19.0 Å². The molecule has 104 valence electrons. The van der Waals surface area contributed by atoms with Crippen LogP contribution in [0.25, 0.3) is 0 Å². The van der Waals surface area contributed by atoms with Gasteiger partial charge in [0.05, 0.1) is 12.2 Å². The molecule has 2 fully saturated rings. The van der Waals surface area contributed by atoms with Gasteiger partial charge < -0.3 is 10.2 Å². The monoisotopic (exact) mass is 261 g/mol. The van der Waals surface area contributed by atoms with E-state index in [1.54, 1.807) is 0 Å². The van der Waals surface area contributed by atoms with Gasteiger partial charge in [-0.2, -0.15) is 5.10 Å². The minimum atomic E-state index is 0.615. The van der Waals surface area contributed by atoms with E-state index in [-0.39, 0.29) is 0 Å². The lowest BCUT2D eigenvalue weighted by Gasteiger charge is -2.38. The summed E-state index contributed by atoms with van der Waals surface area (Å²) >= 11 is 0. The molecule has 1 aromatic rings. The number of aromatic nitrogens is 2. The average Bonchev–Trinajstić information content (AvgIpc) is 2.97. The topological polar surface area (TPSA) is 45.5 Å². The summed E-state index contributed by atoms with van der Waals surface area (Å²) in [5.74, 6) is 1.03. The van der Waals surface area contributed by atoms with Crippen molar-refractivity contribution in [3.8, 4) is 0 Å². The predicted octanol–water partition coefficient (Wildman–Crippen LogP) is 1.37. The third kappa shape index (κ3) is 2.33. The highest BCUT2D eigenvalue weighted by Crippen LogP contribution is 2.47. The molecule has 1 aliphatic carbocycles. The maximum Gasteiger partial charge on any atom is 0.193 e. The Morgan fingerprint density at radius 1 is 1.47 bits per heavy atom. The lowest BCUT2D eigenvalue weighted by atomic mass is 9.68. The summed E-state index contributed by atoms with van der Waals surface area (Å²) in [7, 11) is 3.84. The van der Waals surface area contributed by atoms with Crippen LogP contribution in [0.1, 0.15) is 31.4 Å². The molecule has 0 unspecified atom stereocenters. The third-order valence-electron chi connectivity index (χ3n) is 4.71. The lowest BCUT2D eigenvalue weighted by Crippen LogP contribution is -2.42. The molecule has 0 amide bonds. The Hall–Kier alpha value is -1.52. The summed E-state index contributed by atoms with van der Waals surface area (Å²) in [6.07, 6.45) is 7.39. The van der Waals surface area contributed by atoms with E-state index in [2.05, 4.69) is 20.3 Å². The number of guanidine groups is 1. The van der Waals surface area contributed by atoms with Gasteiger partial charge in [-0.15, -0.1) is 0 Å². The molecule has 5 heteroatoms. The molecule has 1 N–H and O–H groups in total. The maximum absolute atomic E-state index is 4.42. The number of hydrogen-bond acceptors (Lipinski definition) is 2. The van der Waals surface area contributed by atoms with Gasteiger partial charge in [-0.25, -0.2) is 0 Å². The highest BCUT2D eigenvalue weighted by Gasteiger charge is 2.43. The first-order valence-electron chi connectivity index (χ1n) is 7.15. The van der Waals surface area contributed by atoms with Gasteiger partial charge >= 0.3 is 0 Å². The Bertz CT molecular complexity index is 472. The summed E-state index contributed by atoms with van der Waals surface area (Å²) in [5, 5.41) is 7.64. The van der Waals surface area contributed by atoms with E-state index in [1.165, 1.54) is 37.9 Å². The van der Waals surface area contributed by atoms with Gasteiger partial charge in [-0.1, -0.05) is 6.42 Å². The molecular formula is C14H23N5. The van der Waals surface area contributed by atoms with Gasteiger partial charge in [-0.05, 0) is 30.7 Å². The molecule has 1 aromatic heterocycles. The van der Waals surface area contributed by atoms with Gasteiger partial charge in [-0.3, -0.25) is 9.67 Å². The summed E-state index contributed by atoms with van der Waals surface area (Å²) in [5.41, 5.74) is 1.79. The molecule has 1 saturated carbocycles. The van der Waals surface area contributed by atoms with Gasteiger partial charge in [0.2, 0.25) is 0 Å². The second-order valence-corrected chi connectivity index (χ2v) is 5.87. The lowest BCUT2D eigenvalue weighted by molar-refractivity contribution is 0.151. The largest absolute Gasteiger partial charge is 0.351 e. The second-order valence-electron chi connectivity index (χ2n) is 5.87. The van der Waals surface area contributed by atoms with Crippen molar-refractivity contribution < 1.29 is 0 Å². The van der Waals surface area contributed by atoms with E-state index in [0.29, 0.717) is 5.41 Å². The van der Waals surface area contributed by atoms with Crippen LogP contribution in [0.2, 0.25) is 0 Å². The van der Waals surface area contributed by atoms with Crippen LogP contribution in [0.3, 0.4) is 0 Å². The average molecular weight is 261 g/mol. The zero-order valence-corrected chi connectivity index (χ0v) is 11.9. The van der Waals surface area contributed by atoms with Gasteiger partial charge in [0.25, 0.3) is 0 Å². The molecule has 1 aliphatic heterocycles. The number of aliphatic imine (C=N–C) groups is 1. The first-order chi connectivity index (χ1) is 9.22. The van der Waals surface area contributed by atoms with E-state index in [4.69, 9.17) is 0 Å². The molecule has 2 aliphatic rings. The van der Waals surface area contributed by atoms with Crippen LogP contribution in [0.5, 0.6) is 0 Å². The van der Waals surface area contributed by atoms with Crippen molar-refractivity contribution in [2.24, 2.45) is 17.5 Å². The Balaban J connectivity index is 1.58. The van der Waals surface area contributed by atoms with Gasteiger partial charge in [0.1, 0.15) is 0 Å². The smallest absolute Gasteiger partial charge is 0.193 e. The van der Waals surface area contributed by atoms with E-state index in [1.807, 2.05) is 31.0 Å². The van der Waals surface area contributed by atoms with E-state index in [9.17, 15) is 0 Å². The first-order valence-corrected chi connectivity index (χ1v) is 7.15. The van der Waals surface area contributed by atoms with Gasteiger partial charge in [0.15, 0.2) is 5.96 Å². The second kappa shape index (κ2) is 4.87. The van der Waals surface area contributed by atoms with Crippen molar-refractivity contribution in [3.05, 3.63) is 18.0 Å². The van der Waals surface area contributed by atoms with Crippen molar-refractivity contribution in [1.29, 1.82) is 0 Å². The Labute approximate surface area is 114 Å². The van der Waals surface area contributed by atoms with Crippen LogP contribution in [0, 0.1) is 5.41 Å². The van der Waals surface area contributed by atoms with E-state index >= 15 is 0 Å². The quantitative estimate of drug-likeness (QED) is 0.646. The fraction of sp³-hybridized carbons (Fsp3) is 0.714. The maximum atomic E-state index is 4.42. The molecule has 0 aromatic carbocycles. The predicted molar refractivity (Wildman–Crippen MR) is 75.9 cm³/mol. The van der Waals surface area contributed by atoms with Crippen LogP contribution in [0.4, 0.5) is 0 Å². The van der Waals surface area contributed by atoms with Crippen LogP contribution >= 0.6 is 0 Å². The zero-order chi connectivity index (χ0) is 13.3.